The first-order valence-electron chi connectivity index (χ1n) is 6.55. The van der Waals surface area contributed by atoms with E-state index in [4.69, 9.17) is 0 Å². The average molecular weight is 269 g/mol. The molecule has 6 heteroatoms. The van der Waals surface area contributed by atoms with E-state index in [0.717, 1.165) is 6.42 Å². The average Bonchev–Trinajstić information content (AvgIpc) is 2.54. The molecule has 0 saturated carbocycles. The van der Waals surface area contributed by atoms with Crippen LogP contribution in [0.15, 0.2) is 0 Å². The van der Waals surface area contributed by atoms with E-state index in [1.54, 1.807) is 7.05 Å². The second-order valence-corrected chi connectivity index (χ2v) is 5.96. The molecule has 0 spiro atoms. The van der Waals surface area contributed by atoms with Crippen molar-refractivity contribution < 1.29 is 10.0 Å². The predicted molar refractivity (Wildman–Crippen MR) is 73.0 cm³/mol. The van der Waals surface area contributed by atoms with Crippen LogP contribution in [0.3, 0.4) is 0 Å². The summed E-state index contributed by atoms with van der Waals surface area (Å²) in [6.07, 6.45) is 0.984. The Balaban J connectivity index is 3.16. The van der Waals surface area contributed by atoms with E-state index in [9.17, 15) is 15.2 Å². The van der Waals surface area contributed by atoms with E-state index in [-0.39, 0.29) is 22.4 Å². The molecule has 0 aliphatic heterocycles. The maximum absolute atomic E-state index is 11.2. The van der Waals surface area contributed by atoms with Crippen LogP contribution in [-0.2, 0) is 19.9 Å². The molecule has 0 aromatic carbocycles. The zero-order valence-corrected chi connectivity index (χ0v) is 12.3. The Morgan fingerprint density at radius 2 is 2.05 bits per heavy atom. The van der Waals surface area contributed by atoms with Gasteiger partial charge in [0.2, 0.25) is 0 Å². The highest BCUT2D eigenvalue weighted by Gasteiger charge is 2.31. The fourth-order valence-corrected chi connectivity index (χ4v) is 1.94. The third kappa shape index (κ3) is 3.53. The van der Waals surface area contributed by atoms with Crippen molar-refractivity contribution in [3.63, 3.8) is 0 Å². The van der Waals surface area contributed by atoms with Gasteiger partial charge in [0.15, 0.2) is 0 Å². The minimum atomic E-state index is -0.643. The molecule has 6 nitrogen and oxygen atoms in total. The lowest BCUT2D eigenvalue weighted by molar-refractivity contribution is -0.386. The summed E-state index contributed by atoms with van der Waals surface area (Å²) in [4.78, 5) is 10.8. The monoisotopic (exact) mass is 269 g/mol. The van der Waals surface area contributed by atoms with Gasteiger partial charge in [-0.2, -0.15) is 5.10 Å². The number of nitrogens with zero attached hydrogens (tertiary/aromatic N) is 3. The standard InChI is InChI=1S/C13H23N3O3/c1-6-7-9-12(16(18)19)10(15(5)14-9)8-11(17)13(2,3)4/h11,17H,6-8H2,1-5H3. The van der Waals surface area contributed by atoms with Crippen molar-refractivity contribution in [2.24, 2.45) is 12.5 Å². The van der Waals surface area contributed by atoms with Crippen LogP contribution in [-0.4, -0.2) is 25.9 Å². The molecule has 0 aliphatic carbocycles. The number of aliphatic hydroxyl groups excluding tert-OH is 1. The van der Waals surface area contributed by atoms with Crippen LogP contribution in [0.2, 0.25) is 0 Å². The maximum Gasteiger partial charge on any atom is 0.313 e. The molecule has 0 fully saturated rings. The molecule has 0 saturated heterocycles. The lowest BCUT2D eigenvalue weighted by atomic mass is 9.86. The second kappa shape index (κ2) is 5.69. The predicted octanol–water partition coefficient (Wildman–Crippen LogP) is 2.23. The Morgan fingerprint density at radius 3 is 2.47 bits per heavy atom. The third-order valence-electron chi connectivity index (χ3n) is 3.26. The highest BCUT2D eigenvalue weighted by atomic mass is 16.6. The zero-order valence-electron chi connectivity index (χ0n) is 12.3. The Hall–Kier alpha value is -1.43. The Bertz CT molecular complexity index is 460. The van der Waals surface area contributed by atoms with Gasteiger partial charge >= 0.3 is 5.69 Å². The summed E-state index contributed by atoms with van der Waals surface area (Å²) in [7, 11) is 1.69. The molecule has 19 heavy (non-hydrogen) atoms. The number of aliphatic hydroxyl groups is 1. The molecule has 0 amide bonds. The van der Waals surface area contributed by atoms with E-state index < -0.39 is 6.10 Å². The summed E-state index contributed by atoms with van der Waals surface area (Å²) in [5.74, 6) is 0. The first kappa shape index (κ1) is 15.6. The molecule has 0 radical (unpaired) electrons. The van der Waals surface area contributed by atoms with Gasteiger partial charge in [-0.1, -0.05) is 34.1 Å². The number of aromatic nitrogens is 2. The lowest BCUT2D eigenvalue weighted by Crippen LogP contribution is -2.29. The van der Waals surface area contributed by atoms with Crippen LogP contribution >= 0.6 is 0 Å². The van der Waals surface area contributed by atoms with Crippen LogP contribution in [0.1, 0.15) is 45.5 Å². The summed E-state index contributed by atoms with van der Waals surface area (Å²) >= 11 is 0. The van der Waals surface area contributed by atoms with Gasteiger partial charge in [0.1, 0.15) is 11.4 Å². The molecule has 108 valence electrons. The Morgan fingerprint density at radius 1 is 1.47 bits per heavy atom. The Labute approximate surface area is 113 Å². The van der Waals surface area contributed by atoms with Gasteiger partial charge in [-0.3, -0.25) is 14.8 Å². The van der Waals surface area contributed by atoms with Crippen molar-refractivity contribution in [2.45, 2.75) is 53.1 Å². The largest absolute Gasteiger partial charge is 0.392 e. The summed E-state index contributed by atoms with van der Waals surface area (Å²) in [6, 6.07) is 0. The van der Waals surface area contributed by atoms with Crippen molar-refractivity contribution in [3.8, 4) is 0 Å². The minimum Gasteiger partial charge on any atom is -0.392 e. The van der Waals surface area contributed by atoms with E-state index in [1.165, 1.54) is 4.68 Å². The topological polar surface area (TPSA) is 81.2 Å². The normalized spacial score (nSPS) is 13.6. The van der Waals surface area contributed by atoms with Gasteiger partial charge in [0.25, 0.3) is 0 Å². The molecule has 0 aliphatic rings. The molecule has 0 bridgehead atoms. The number of hydrogen-bond donors (Lipinski definition) is 1. The van der Waals surface area contributed by atoms with Crippen LogP contribution in [0.4, 0.5) is 5.69 Å². The van der Waals surface area contributed by atoms with E-state index in [2.05, 4.69) is 5.10 Å². The molecular formula is C13H23N3O3. The van der Waals surface area contributed by atoms with Crippen molar-refractivity contribution in [2.75, 3.05) is 0 Å². The first-order chi connectivity index (χ1) is 8.68. The molecule has 1 heterocycles. The number of aryl methyl sites for hydroxylation is 2. The van der Waals surface area contributed by atoms with Crippen LogP contribution in [0.25, 0.3) is 0 Å². The summed E-state index contributed by atoms with van der Waals surface area (Å²) < 4.78 is 1.53. The molecule has 1 rings (SSSR count). The fourth-order valence-electron chi connectivity index (χ4n) is 1.94. The van der Waals surface area contributed by atoms with Crippen LogP contribution in [0.5, 0.6) is 0 Å². The molecule has 1 N–H and O–H groups in total. The molecule has 1 atom stereocenters. The van der Waals surface area contributed by atoms with Crippen molar-refractivity contribution in [1.29, 1.82) is 0 Å². The van der Waals surface area contributed by atoms with Gasteiger partial charge < -0.3 is 5.11 Å². The second-order valence-electron chi connectivity index (χ2n) is 5.96. The summed E-state index contributed by atoms with van der Waals surface area (Å²) in [5.41, 5.74) is 0.748. The third-order valence-corrected chi connectivity index (χ3v) is 3.26. The maximum atomic E-state index is 11.2. The Kier molecular flexibility index (Phi) is 4.68. The highest BCUT2D eigenvalue weighted by Crippen LogP contribution is 2.29. The molecule has 1 aromatic heterocycles. The van der Waals surface area contributed by atoms with E-state index >= 15 is 0 Å². The molecule has 1 aromatic rings. The lowest BCUT2D eigenvalue weighted by Gasteiger charge is -2.25. The van der Waals surface area contributed by atoms with Gasteiger partial charge in [0, 0.05) is 13.5 Å². The number of rotatable bonds is 5. The smallest absolute Gasteiger partial charge is 0.313 e. The van der Waals surface area contributed by atoms with Crippen LogP contribution < -0.4 is 0 Å². The molecular weight excluding hydrogens is 246 g/mol. The van der Waals surface area contributed by atoms with Gasteiger partial charge in [-0.15, -0.1) is 0 Å². The zero-order chi connectivity index (χ0) is 14.8. The highest BCUT2D eigenvalue weighted by molar-refractivity contribution is 5.41. The van der Waals surface area contributed by atoms with Crippen molar-refractivity contribution >= 4 is 5.69 Å². The quantitative estimate of drug-likeness (QED) is 0.656. The van der Waals surface area contributed by atoms with E-state index in [0.29, 0.717) is 17.8 Å². The van der Waals surface area contributed by atoms with Gasteiger partial charge in [-0.05, 0) is 11.8 Å². The minimum absolute atomic E-state index is 0.0626. The van der Waals surface area contributed by atoms with Crippen molar-refractivity contribution in [1.82, 2.24) is 9.78 Å². The first-order valence-corrected chi connectivity index (χ1v) is 6.55. The number of hydrogen-bond acceptors (Lipinski definition) is 4. The van der Waals surface area contributed by atoms with Crippen LogP contribution in [0, 0.1) is 15.5 Å². The van der Waals surface area contributed by atoms with Crippen molar-refractivity contribution in [3.05, 3.63) is 21.5 Å². The summed E-state index contributed by atoms with van der Waals surface area (Å²) in [5, 5.41) is 25.6. The van der Waals surface area contributed by atoms with E-state index in [1.807, 2.05) is 27.7 Å². The summed E-state index contributed by atoms with van der Waals surface area (Å²) in [6.45, 7) is 7.69. The molecule has 1 unspecified atom stereocenters. The van der Waals surface area contributed by atoms with Gasteiger partial charge in [0.05, 0.1) is 11.0 Å². The van der Waals surface area contributed by atoms with Gasteiger partial charge in [-0.25, -0.2) is 0 Å². The number of nitro groups is 1. The SMILES string of the molecule is CCCc1nn(C)c(CC(O)C(C)(C)C)c1[N+](=O)[O-]. The fraction of sp³-hybridized carbons (Fsp3) is 0.769.